The van der Waals surface area contributed by atoms with Gasteiger partial charge in [0.25, 0.3) is 0 Å². The Balaban J connectivity index is -0.000000105. The van der Waals surface area contributed by atoms with E-state index in [4.69, 9.17) is 0 Å². The Morgan fingerprint density at radius 3 is 0.900 bits per heavy atom. The molecule has 66 valence electrons. The van der Waals surface area contributed by atoms with Crippen LogP contribution in [0.5, 0.6) is 0 Å². The van der Waals surface area contributed by atoms with Crippen LogP contribution in [0.3, 0.4) is 0 Å². The molecule has 0 aliphatic rings. The largest absolute Gasteiger partial charge is 0.315 e. The lowest BCUT2D eigenvalue weighted by atomic mass is 10.1. The van der Waals surface area contributed by atoms with Crippen molar-refractivity contribution in [1.29, 1.82) is 0 Å². The number of hydrogen-bond acceptors (Lipinski definition) is 1. The minimum absolute atomic E-state index is 0.292. The van der Waals surface area contributed by atoms with Crippen molar-refractivity contribution in [3.63, 3.8) is 0 Å². The molecule has 1 nitrogen and oxygen atoms in total. The highest BCUT2D eigenvalue weighted by Crippen LogP contribution is 1.93. The van der Waals surface area contributed by atoms with Gasteiger partial charge in [-0.25, -0.2) is 0 Å². The Hall–Kier alpha value is -0.0400. The molecule has 1 N–H and O–H groups in total. The average Bonchev–Trinajstić information content (AvgIpc) is 1.95. The topological polar surface area (TPSA) is 12.0 Å². The summed E-state index contributed by atoms with van der Waals surface area (Å²) in [6.07, 6.45) is 0. The summed E-state index contributed by atoms with van der Waals surface area (Å²) in [6, 6.07) is 0. The van der Waals surface area contributed by atoms with Gasteiger partial charge in [0, 0.05) is 5.54 Å². The zero-order valence-corrected chi connectivity index (χ0v) is 9.00. The second-order valence-corrected chi connectivity index (χ2v) is 2.50. The van der Waals surface area contributed by atoms with Crippen LogP contribution in [0.1, 0.15) is 48.5 Å². The molecule has 0 aliphatic carbocycles. The minimum Gasteiger partial charge on any atom is -0.315 e. The smallest absolute Gasteiger partial charge is 0.00935 e. The summed E-state index contributed by atoms with van der Waals surface area (Å²) in [5, 5.41) is 3.10. The molecule has 0 aliphatic heterocycles. The molecule has 0 amide bonds. The Morgan fingerprint density at radius 1 is 0.800 bits per heavy atom. The van der Waals surface area contributed by atoms with Crippen molar-refractivity contribution in [3.05, 3.63) is 0 Å². The van der Waals surface area contributed by atoms with Crippen LogP contribution in [-0.4, -0.2) is 12.6 Å². The predicted octanol–water partition coefficient (Wildman–Crippen LogP) is 3.06. The molecule has 0 bridgehead atoms. The van der Waals surface area contributed by atoms with Gasteiger partial charge in [-0.2, -0.15) is 0 Å². The van der Waals surface area contributed by atoms with E-state index in [1.54, 1.807) is 0 Å². The standard InChI is InChI=1S/C5H13N.2C2H6/c1-5(2,3)6-4;2*1-2/h6H,1-4H3;2*1-2H3. The lowest BCUT2D eigenvalue weighted by molar-refractivity contribution is 0.469. The zero-order chi connectivity index (χ0) is 9.21. The Bertz CT molecular complexity index is 34.5. The zero-order valence-electron chi connectivity index (χ0n) is 9.00. The van der Waals surface area contributed by atoms with Gasteiger partial charge in [-0.1, -0.05) is 27.7 Å². The molecule has 0 saturated carbocycles. The molecule has 0 atom stereocenters. The van der Waals surface area contributed by atoms with Crippen LogP contribution in [0.15, 0.2) is 0 Å². The normalized spacial score (nSPS) is 8.40. The van der Waals surface area contributed by atoms with Gasteiger partial charge in [0.1, 0.15) is 0 Å². The van der Waals surface area contributed by atoms with Crippen molar-refractivity contribution in [2.75, 3.05) is 7.05 Å². The van der Waals surface area contributed by atoms with Gasteiger partial charge in [-0.05, 0) is 27.8 Å². The average molecular weight is 147 g/mol. The molecule has 0 aromatic heterocycles. The molecular weight excluding hydrogens is 122 g/mol. The fraction of sp³-hybridized carbons (Fsp3) is 1.00. The molecule has 0 aromatic rings. The maximum Gasteiger partial charge on any atom is 0.00935 e. The highest BCUT2D eigenvalue weighted by Gasteiger charge is 2.01. The first-order valence-corrected chi connectivity index (χ1v) is 4.25. The molecule has 1 heteroatoms. The summed E-state index contributed by atoms with van der Waals surface area (Å²) in [5.74, 6) is 0. The van der Waals surface area contributed by atoms with Crippen LogP contribution in [-0.2, 0) is 0 Å². The van der Waals surface area contributed by atoms with Gasteiger partial charge >= 0.3 is 0 Å². The van der Waals surface area contributed by atoms with E-state index in [1.165, 1.54) is 0 Å². The first kappa shape index (κ1) is 16.5. The maximum absolute atomic E-state index is 3.10. The van der Waals surface area contributed by atoms with Gasteiger partial charge in [0.2, 0.25) is 0 Å². The molecule has 0 saturated heterocycles. The minimum atomic E-state index is 0.292. The molecule has 0 spiro atoms. The Labute approximate surface area is 67.2 Å². The number of nitrogens with one attached hydrogen (secondary N) is 1. The molecule has 0 rings (SSSR count). The summed E-state index contributed by atoms with van der Waals surface area (Å²) in [7, 11) is 1.96. The van der Waals surface area contributed by atoms with Crippen molar-refractivity contribution in [2.45, 2.75) is 54.0 Å². The lowest BCUT2D eigenvalue weighted by Gasteiger charge is -2.15. The van der Waals surface area contributed by atoms with E-state index in [0.717, 1.165) is 0 Å². The maximum atomic E-state index is 3.10. The molecule has 0 radical (unpaired) electrons. The summed E-state index contributed by atoms with van der Waals surface area (Å²) in [6.45, 7) is 14.4. The lowest BCUT2D eigenvalue weighted by Crippen LogP contribution is -2.31. The van der Waals surface area contributed by atoms with E-state index < -0.39 is 0 Å². The van der Waals surface area contributed by atoms with Gasteiger partial charge in [0.15, 0.2) is 0 Å². The molecule has 0 aromatic carbocycles. The molecule has 0 heterocycles. The van der Waals surface area contributed by atoms with E-state index in [1.807, 2.05) is 34.7 Å². The van der Waals surface area contributed by atoms with Crippen molar-refractivity contribution in [2.24, 2.45) is 0 Å². The highest BCUT2D eigenvalue weighted by molar-refractivity contribution is 4.65. The van der Waals surface area contributed by atoms with Gasteiger partial charge in [0.05, 0.1) is 0 Å². The highest BCUT2D eigenvalue weighted by atomic mass is 14.9. The van der Waals surface area contributed by atoms with Crippen LogP contribution in [0.4, 0.5) is 0 Å². The number of rotatable bonds is 0. The third-order valence-corrected chi connectivity index (χ3v) is 0.750. The first-order chi connectivity index (χ1) is 4.56. The molecule has 0 fully saturated rings. The summed E-state index contributed by atoms with van der Waals surface area (Å²) < 4.78 is 0. The van der Waals surface area contributed by atoms with Crippen LogP contribution < -0.4 is 5.32 Å². The van der Waals surface area contributed by atoms with Gasteiger partial charge in [-0.3, -0.25) is 0 Å². The summed E-state index contributed by atoms with van der Waals surface area (Å²) in [5.41, 5.74) is 0.292. The fourth-order valence-corrected chi connectivity index (χ4v) is 0. The van der Waals surface area contributed by atoms with Crippen molar-refractivity contribution in [3.8, 4) is 0 Å². The first-order valence-electron chi connectivity index (χ1n) is 4.25. The van der Waals surface area contributed by atoms with E-state index >= 15 is 0 Å². The van der Waals surface area contributed by atoms with Crippen LogP contribution >= 0.6 is 0 Å². The third-order valence-electron chi connectivity index (χ3n) is 0.750. The fourth-order valence-electron chi connectivity index (χ4n) is 0. The van der Waals surface area contributed by atoms with Crippen LogP contribution in [0.2, 0.25) is 0 Å². The predicted molar refractivity (Wildman–Crippen MR) is 51.5 cm³/mol. The van der Waals surface area contributed by atoms with E-state index in [2.05, 4.69) is 26.1 Å². The van der Waals surface area contributed by atoms with E-state index in [0.29, 0.717) is 5.54 Å². The van der Waals surface area contributed by atoms with Crippen molar-refractivity contribution >= 4 is 0 Å². The monoisotopic (exact) mass is 147 g/mol. The van der Waals surface area contributed by atoms with E-state index in [9.17, 15) is 0 Å². The number of hydrogen-bond donors (Lipinski definition) is 1. The summed E-state index contributed by atoms with van der Waals surface area (Å²) >= 11 is 0. The summed E-state index contributed by atoms with van der Waals surface area (Å²) in [4.78, 5) is 0. The van der Waals surface area contributed by atoms with Crippen molar-refractivity contribution < 1.29 is 0 Å². The second kappa shape index (κ2) is 11.7. The SMILES string of the molecule is CC.CC.CNC(C)(C)C. The third kappa shape index (κ3) is 44.0. The van der Waals surface area contributed by atoms with Gasteiger partial charge < -0.3 is 5.32 Å². The van der Waals surface area contributed by atoms with Gasteiger partial charge in [-0.15, -0.1) is 0 Å². The van der Waals surface area contributed by atoms with Crippen LogP contribution in [0, 0.1) is 0 Å². The van der Waals surface area contributed by atoms with Crippen LogP contribution in [0.25, 0.3) is 0 Å². The second-order valence-electron chi connectivity index (χ2n) is 2.50. The molecular formula is C9H25N. The molecule has 10 heavy (non-hydrogen) atoms. The Kier molecular flexibility index (Phi) is 19.3. The van der Waals surface area contributed by atoms with Crippen molar-refractivity contribution in [1.82, 2.24) is 5.32 Å². The quantitative estimate of drug-likeness (QED) is 0.555. The Morgan fingerprint density at radius 2 is 0.900 bits per heavy atom. The van der Waals surface area contributed by atoms with E-state index in [-0.39, 0.29) is 0 Å². The molecule has 0 unspecified atom stereocenters.